The van der Waals surface area contributed by atoms with Crippen LogP contribution in [0.25, 0.3) is 11.5 Å². The van der Waals surface area contributed by atoms with E-state index in [9.17, 15) is 8.42 Å². The molecule has 0 aliphatic carbocycles. The second-order valence-corrected chi connectivity index (χ2v) is 9.42. The molecule has 0 N–H and O–H groups in total. The minimum atomic E-state index is -3.86. The molecule has 0 saturated carbocycles. The second kappa shape index (κ2) is 7.82. The summed E-state index contributed by atoms with van der Waals surface area (Å²) in [6, 6.07) is 15.2. The standard InChI is InChI=1S/C21H21ClN2O4S/c1-14-12-24(13-15(2)27-14)21-20(29(25,26)18-6-4-3-5-7-18)23-19(28-21)16-8-10-17(22)11-9-16/h3-11,14-15H,12-13H2,1-2H3. The number of halogens is 1. The van der Waals surface area contributed by atoms with Crippen LogP contribution in [0.15, 0.2) is 68.9 Å². The Morgan fingerprint density at radius 1 is 1.00 bits per heavy atom. The van der Waals surface area contributed by atoms with E-state index in [-0.39, 0.29) is 33.9 Å². The average molecular weight is 433 g/mol. The maximum absolute atomic E-state index is 13.4. The second-order valence-electron chi connectivity index (χ2n) is 7.12. The van der Waals surface area contributed by atoms with Crippen LogP contribution in [-0.4, -0.2) is 38.7 Å². The highest BCUT2D eigenvalue weighted by atomic mass is 35.5. The highest BCUT2D eigenvalue weighted by Gasteiger charge is 2.34. The first kappa shape index (κ1) is 19.9. The van der Waals surface area contributed by atoms with Crippen LogP contribution in [0, 0.1) is 0 Å². The number of nitrogens with zero attached hydrogens (tertiary/aromatic N) is 2. The van der Waals surface area contributed by atoms with E-state index in [1.165, 1.54) is 0 Å². The van der Waals surface area contributed by atoms with E-state index in [4.69, 9.17) is 20.8 Å². The van der Waals surface area contributed by atoms with Crippen LogP contribution < -0.4 is 4.90 Å². The lowest BCUT2D eigenvalue weighted by Crippen LogP contribution is -2.45. The molecule has 2 atom stereocenters. The molecule has 0 spiro atoms. The number of ether oxygens (including phenoxy) is 1. The van der Waals surface area contributed by atoms with Gasteiger partial charge in [0.05, 0.1) is 17.1 Å². The lowest BCUT2D eigenvalue weighted by Gasteiger charge is -2.35. The van der Waals surface area contributed by atoms with Crippen LogP contribution in [0.5, 0.6) is 0 Å². The van der Waals surface area contributed by atoms with Crippen molar-refractivity contribution in [3.63, 3.8) is 0 Å². The van der Waals surface area contributed by atoms with Gasteiger partial charge in [-0.05, 0) is 50.2 Å². The molecule has 1 fully saturated rings. The zero-order valence-electron chi connectivity index (χ0n) is 16.1. The molecule has 29 heavy (non-hydrogen) atoms. The fourth-order valence-corrected chi connectivity index (χ4v) is 4.91. The molecule has 0 radical (unpaired) electrons. The van der Waals surface area contributed by atoms with Gasteiger partial charge in [0.2, 0.25) is 26.6 Å². The number of morpholine rings is 1. The number of aromatic nitrogens is 1. The maximum atomic E-state index is 13.4. The van der Waals surface area contributed by atoms with Crippen molar-refractivity contribution in [2.75, 3.05) is 18.0 Å². The summed E-state index contributed by atoms with van der Waals surface area (Å²) in [5, 5.41) is 0.489. The van der Waals surface area contributed by atoms with Crippen molar-refractivity contribution in [1.29, 1.82) is 0 Å². The Labute approximate surface area is 175 Å². The van der Waals surface area contributed by atoms with Gasteiger partial charge in [-0.1, -0.05) is 29.8 Å². The first-order chi connectivity index (χ1) is 13.8. The number of anilines is 1. The molecule has 6 nitrogen and oxygen atoms in total. The highest BCUT2D eigenvalue weighted by molar-refractivity contribution is 7.91. The summed E-state index contributed by atoms with van der Waals surface area (Å²) in [6.07, 6.45) is -0.120. The third kappa shape index (κ3) is 4.03. The SMILES string of the molecule is CC1CN(c2oc(-c3ccc(Cl)cc3)nc2S(=O)(=O)c2ccccc2)CC(C)O1. The van der Waals surface area contributed by atoms with Crippen molar-refractivity contribution in [2.24, 2.45) is 0 Å². The van der Waals surface area contributed by atoms with Crippen LogP contribution in [0.2, 0.25) is 5.02 Å². The Balaban J connectivity index is 1.85. The molecule has 1 aromatic heterocycles. The number of sulfone groups is 1. The molecule has 152 valence electrons. The number of hydrogen-bond donors (Lipinski definition) is 0. The molecule has 8 heteroatoms. The first-order valence-corrected chi connectivity index (χ1v) is 11.2. The molecular formula is C21H21ClN2O4S. The molecule has 1 saturated heterocycles. The minimum Gasteiger partial charge on any atom is -0.419 e. The molecule has 0 bridgehead atoms. The summed E-state index contributed by atoms with van der Waals surface area (Å²) in [6.45, 7) is 4.92. The van der Waals surface area contributed by atoms with Gasteiger partial charge in [0, 0.05) is 23.7 Å². The van der Waals surface area contributed by atoms with E-state index in [0.29, 0.717) is 23.7 Å². The smallest absolute Gasteiger partial charge is 0.236 e. The predicted octanol–water partition coefficient (Wildman–Crippen LogP) is 4.44. The van der Waals surface area contributed by atoms with Gasteiger partial charge in [0.15, 0.2) is 0 Å². The van der Waals surface area contributed by atoms with Crippen LogP contribution in [-0.2, 0) is 14.6 Å². The van der Waals surface area contributed by atoms with Gasteiger partial charge in [-0.2, -0.15) is 4.98 Å². The minimum absolute atomic E-state index is 0.0601. The van der Waals surface area contributed by atoms with Crippen molar-refractivity contribution in [3.05, 3.63) is 59.6 Å². The Morgan fingerprint density at radius 3 is 2.24 bits per heavy atom. The average Bonchev–Trinajstić information content (AvgIpc) is 3.15. The van der Waals surface area contributed by atoms with E-state index in [0.717, 1.165) is 0 Å². The molecule has 1 aliphatic heterocycles. The van der Waals surface area contributed by atoms with Gasteiger partial charge < -0.3 is 14.1 Å². The molecule has 2 aromatic carbocycles. The Hall–Kier alpha value is -2.35. The maximum Gasteiger partial charge on any atom is 0.236 e. The largest absolute Gasteiger partial charge is 0.419 e. The zero-order chi connectivity index (χ0) is 20.6. The Kier molecular flexibility index (Phi) is 5.38. The number of oxazole rings is 1. The molecule has 2 unspecified atom stereocenters. The van der Waals surface area contributed by atoms with Crippen molar-refractivity contribution < 1.29 is 17.6 Å². The molecule has 2 heterocycles. The monoisotopic (exact) mass is 432 g/mol. The van der Waals surface area contributed by atoms with Crippen molar-refractivity contribution in [3.8, 4) is 11.5 Å². The van der Waals surface area contributed by atoms with Gasteiger partial charge in [0.1, 0.15) is 0 Å². The fraction of sp³-hybridized carbons (Fsp3) is 0.286. The Bertz CT molecular complexity index is 1090. The normalized spacial score (nSPS) is 20.0. The summed E-state index contributed by atoms with van der Waals surface area (Å²) in [5.41, 5.74) is 0.652. The number of rotatable bonds is 4. The molecule has 4 rings (SSSR count). The number of benzene rings is 2. The summed E-state index contributed by atoms with van der Waals surface area (Å²) < 4.78 is 38.5. The summed E-state index contributed by atoms with van der Waals surface area (Å²) in [7, 11) is -3.86. The topological polar surface area (TPSA) is 72.6 Å². The van der Waals surface area contributed by atoms with Crippen LogP contribution in [0.3, 0.4) is 0 Å². The lowest BCUT2D eigenvalue weighted by atomic mass is 10.2. The zero-order valence-corrected chi connectivity index (χ0v) is 17.7. The number of hydrogen-bond acceptors (Lipinski definition) is 6. The van der Waals surface area contributed by atoms with Crippen LogP contribution >= 0.6 is 11.6 Å². The van der Waals surface area contributed by atoms with Crippen molar-refractivity contribution in [1.82, 2.24) is 4.98 Å². The van der Waals surface area contributed by atoms with Crippen LogP contribution in [0.1, 0.15) is 13.8 Å². The third-order valence-electron chi connectivity index (χ3n) is 4.69. The van der Waals surface area contributed by atoms with Crippen molar-refractivity contribution in [2.45, 2.75) is 36.0 Å². The molecule has 1 aliphatic rings. The first-order valence-electron chi connectivity index (χ1n) is 9.32. The predicted molar refractivity (Wildman–Crippen MR) is 111 cm³/mol. The van der Waals surface area contributed by atoms with E-state index in [1.807, 2.05) is 18.7 Å². The summed E-state index contributed by atoms with van der Waals surface area (Å²) in [5.74, 6) is 0.471. The third-order valence-corrected chi connectivity index (χ3v) is 6.61. The van der Waals surface area contributed by atoms with Gasteiger partial charge in [-0.15, -0.1) is 0 Å². The quantitative estimate of drug-likeness (QED) is 0.606. The van der Waals surface area contributed by atoms with E-state index in [2.05, 4.69) is 4.98 Å². The summed E-state index contributed by atoms with van der Waals surface area (Å²) >= 11 is 5.97. The van der Waals surface area contributed by atoms with Crippen molar-refractivity contribution >= 4 is 27.3 Å². The van der Waals surface area contributed by atoms with Gasteiger partial charge in [-0.25, -0.2) is 8.42 Å². The van der Waals surface area contributed by atoms with E-state index < -0.39 is 9.84 Å². The van der Waals surface area contributed by atoms with Gasteiger partial charge >= 0.3 is 0 Å². The van der Waals surface area contributed by atoms with E-state index >= 15 is 0 Å². The lowest BCUT2D eigenvalue weighted by molar-refractivity contribution is -0.00657. The fourth-order valence-electron chi connectivity index (χ4n) is 3.44. The summed E-state index contributed by atoms with van der Waals surface area (Å²) in [4.78, 5) is 6.47. The molecular weight excluding hydrogens is 412 g/mol. The molecule has 3 aromatic rings. The van der Waals surface area contributed by atoms with Gasteiger partial charge in [-0.3, -0.25) is 0 Å². The van der Waals surface area contributed by atoms with Crippen LogP contribution in [0.4, 0.5) is 5.88 Å². The molecule has 0 amide bonds. The highest BCUT2D eigenvalue weighted by Crippen LogP contribution is 2.36. The van der Waals surface area contributed by atoms with Gasteiger partial charge in [0.25, 0.3) is 0 Å². The Morgan fingerprint density at radius 2 is 1.62 bits per heavy atom. The van der Waals surface area contributed by atoms with E-state index in [1.54, 1.807) is 54.6 Å².